The van der Waals surface area contributed by atoms with Gasteiger partial charge >= 0.3 is 0 Å². The summed E-state index contributed by atoms with van der Waals surface area (Å²) in [6.07, 6.45) is 3.35. The van der Waals surface area contributed by atoms with Crippen molar-refractivity contribution >= 4 is 23.4 Å². The van der Waals surface area contributed by atoms with Crippen molar-refractivity contribution in [1.29, 1.82) is 0 Å². The average molecular weight is 252 g/mol. The van der Waals surface area contributed by atoms with Crippen molar-refractivity contribution in [3.63, 3.8) is 0 Å². The van der Waals surface area contributed by atoms with E-state index in [1.165, 1.54) is 0 Å². The van der Waals surface area contributed by atoms with Crippen LogP contribution in [0.15, 0.2) is 24.3 Å². The van der Waals surface area contributed by atoms with E-state index in [2.05, 4.69) is 0 Å². The summed E-state index contributed by atoms with van der Waals surface area (Å²) in [6.45, 7) is 0.816. The Morgan fingerprint density at radius 1 is 1.47 bits per heavy atom. The van der Waals surface area contributed by atoms with Crippen LogP contribution in [-0.2, 0) is 11.2 Å². The number of carbonyl (C=O) groups is 1. The highest BCUT2D eigenvalue weighted by Gasteiger charge is 2.08. The van der Waals surface area contributed by atoms with Crippen LogP contribution in [-0.4, -0.2) is 36.4 Å². The lowest BCUT2D eigenvalue weighted by atomic mass is 10.1. The second-order valence-electron chi connectivity index (χ2n) is 4.05. The monoisotopic (exact) mass is 252 g/mol. The van der Waals surface area contributed by atoms with Crippen molar-refractivity contribution < 1.29 is 4.79 Å². The Morgan fingerprint density at radius 2 is 2.24 bits per heavy atom. The van der Waals surface area contributed by atoms with Gasteiger partial charge < -0.3 is 10.6 Å². The van der Waals surface area contributed by atoms with Crippen LogP contribution in [0.2, 0.25) is 0 Å². The Balaban J connectivity index is 2.37. The van der Waals surface area contributed by atoms with Crippen LogP contribution in [0.5, 0.6) is 0 Å². The predicted octanol–water partition coefficient (Wildman–Crippen LogP) is 2.02. The molecule has 17 heavy (non-hydrogen) atoms. The van der Waals surface area contributed by atoms with E-state index in [-0.39, 0.29) is 5.91 Å². The Bertz CT molecular complexity index is 368. The van der Waals surface area contributed by atoms with Crippen molar-refractivity contribution in [2.45, 2.75) is 12.8 Å². The fraction of sp³-hybridized carbons (Fsp3) is 0.462. The highest BCUT2D eigenvalue weighted by Crippen LogP contribution is 2.09. The van der Waals surface area contributed by atoms with E-state index in [1.54, 1.807) is 16.7 Å². The molecule has 0 unspecified atom stereocenters. The first-order valence-electron chi connectivity index (χ1n) is 5.71. The molecule has 0 heterocycles. The first-order valence-corrected chi connectivity index (χ1v) is 7.10. The zero-order valence-electron chi connectivity index (χ0n) is 10.5. The second kappa shape index (κ2) is 7.22. The van der Waals surface area contributed by atoms with Gasteiger partial charge in [-0.05, 0) is 30.4 Å². The van der Waals surface area contributed by atoms with Crippen LogP contribution < -0.4 is 5.73 Å². The number of amides is 1. The van der Waals surface area contributed by atoms with Crippen LogP contribution in [0.4, 0.5) is 5.69 Å². The minimum atomic E-state index is 0.196. The topological polar surface area (TPSA) is 46.3 Å². The highest BCUT2D eigenvalue weighted by molar-refractivity contribution is 7.98. The molecule has 0 saturated carbocycles. The molecule has 1 rings (SSSR count). The minimum absolute atomic E-state index is 0.196. The molecule has 0 radical (unpaired) electrons. The fourth-order valence-corrected chi connectivity index (χ4v) is 2.00. The van der Waals surface area contributed by atoms with Gasteiger partial charge in [0.05, 0.1) is 0 Å². The van der Waals surface area contributed by atoms with Crippen LogP contribution in [0, 0.1) is 0 Å². The number of anilines is 1. The van der Waals surface area contributed by atoms with E-state index in [1.807, 2.05) is 37.6 Å². The lowest BCUT2D eigenvalue weighted by molar-refractivity contribution is -0.129. The molecule has 4 heteroatoms. The molecule has 2 N–H and O–H groups in total. The molecular formula is C13H20N2OS. The van der Waals surface area contributed by atoms with Gasteiger partial charge in [0.15, 0.2) is 0 Å². The molecule has 0 bridgehead atoms. The molecule has 1 aromatic rings. The first-order chi connectivity index (χ1) is 8.13. The van der Waals surface area contributed by atoms with Crippen molar-refractivity contribution in [1.82, 2.24) is 4.90 Å². The van der Waals surface area contributed by atoms with Gasteiger partial charge in [0.25, 0.3) is 0 Å². The normalized spacial score (nSPS) is 10.2. The average Bonchev–Trinajstić information content (AvgIpc) is 2.33. The number of carbonyl (C=O) groups excluding carboxylic acids is 1. The van der Waals surface area contributed by atoms with Gasteiger partial charge in [0.1, 0.15) is 0 Å². The standard InChI is InChI=1S/C13H20N2OS/c1-15(8-9-17-2)13(16)7-6-11-4-3-5-12(14)10-11/h3-5,10H,6-9,14H2,1-2H3. The number of aryl methyl sites for hydroxylation is 1. The summed E-state index contributed by atoms with van der Waals surface area (Å²) < 4.78 is 0. The molecule has 0 aromatic heterocycles. The number of rotatable bonds is 6. The summed E-state index contributed by atoms with van der Waals surface area (Å²) in [5.74, 6) is 1.18. The van der Waals surface area contributed by atoms with Gasteiger partial charge in [-0.2, -0.15) is 11.8 Å². The number of hydrogen-bond acceptors (Lipinski definition) is 3. The van der Waals surface area contributed by atoms with Gasteiger partial charge in [-0.1, -0.05) is 12.1 Å². The number of nitrogens with zero attached hydrogens (tertiary/aromatic N) is 1. The maximum absolute atomic E-state index is 11.8. The summed E-state index contributed by atoms with van der Waals surface area (Å²) in [5.41, 5.74) is 7.57. The highest BCUT2D eigenvalue weighted by atomic mass is 32.2. The zero-order chi connectivity index (χ0) is 12.7. The van der Waals surface area contributed by atoms with Crippen LogP contribution in [0.3, 0.4) is 0 Å². The molecule has 94 valence electrons. The van der Waals surface area contributed by atoms with Crippen LogP contribution >= 0.6 is 11.8 Å². The minimum Gasteiger partial charge on any atom is -0.399 e. The molecular weight excluding hydrogens is 232 g/mol. The number of hydrogen-bond donors (Lipinski definition) is 1. The summed E-state index contributed by atoms with van der Waals surface area (Å²) in [4.78, 5) is 13.6. The molecule has 0 aliphatic heterocycles. The van der Waals surface area contributed by atoms with Crippen molar-refractivity contribution in [3.05, 3.63) is 29.8 Å². The summed E-state index contributed by atoms with van der Waals surface area (Å²) >= 11 is 1.75. The lowest BCUT2D eigenvalue weighted by Gasteiger charge is -2.16. The number of thioether (sulfide) groups is 1. The molecule has 0 fully saturated rings. The van der Waals surface area contributed by atoms with Crippen LogP contribution in [0.25, 0.3) is 0 Å². The van der Waals surface area contributed by atoms with Gasteiger partial charge in [0, 0.05) is 31.5 Å². The fourth-order valence-electron chi connectivity index (χ4n) is 1.54. The molecule has 0 saturated heterocycles. The smallest absolute Gasteiger partial charge is 0.222 e. The van der Waals surface area contributed by atoms with Gasteiger partial charge in [-0.3, -0.25) is 4.79 Å². The maximum atomic E-state index is 11.8. The zero-order valence-corrected chi connectivity index (χ0v) is 11.3. The van der Waals surface area contributed by atoms with E-state index in [4.69, 9.17) is 5.73 Å². The van der Waals surface area contributed by atoms with E-state index in [9.17, 15) is 4.79 Å². The van der Waals surface area contributed by atoms with E-state index < -0.39 is 0 Å². The maximum Gasteiger partial charge on any atom is 0.222 e. The largest absolute Gasteiger partial charge is 0.399 e. The molecule has 0 spiro atoms. The van der Waals surface area contributed by atoms with E-state index >= 15 is 0 Å². The third-order valence-electron chi connectivity index (χ3n) is 2.64. The van der Waals surface area contributed by atoms with Crippen molar-refractivity contribution in [2.75, 3.05) is 31.3 Å². The second-order valence-corrected chi connectivity index (χ2v) is 5.04. The van der Waals surface area contributed by atoms with Crippen molar-refractivity contribution in [2.24, 2.45) is 0 Å². The molecule has 0 atom stereocenters. The van der Waals surface area contributed by atoms with Gasteiger partial charge in [-0.15, -0.1) is 0 Å². The Labute approximate surface area is 107 Å². The lowest BCUT2D eigenvalue weighted by Crippen LogP contribution is -2.29. The number of benzene rings is 1. The summed E-state index contributed by atoms with van der Waals surface area (Å²) in [7, 11) is 1.86. The van der Waals surface area contributed by atoms with Gasteiger partial charge in [0.2, 0.25) is 5.91 Å². The number of nitrogen functional groups attached to an aromatic ring is 1. The van der Waals surface area contributed by atoms with E-state index in [0.717, 1.165) is 30.0 Å². The molecule has 1 amide bonds. The summed E-state index contributed by atoms with van der Waals surface area (Å²) in [6, 6.07) is 7.71. The Kier molecular flexibility index (Phi) is 5.91. The summed E-state index contributed by atoms with van der Waals surface area (Å²) in [5, 5.41) is 0. The Hall–Kier alpha value is -1.16. The third kappa shape index (κ3) is 5.13. The number of nitrogens with two attached hydrogens (primary N) is 1. The van der Waals surface area contributed by atoms with Gasteiger partial charge in [-0.25, -0.2) is 0 Å². The van der Waals surface area contributed by atoms with Crippen molar-refractivity contribution in [3.8, 4) is 0 Å². The molecule has 0 aliphatic rings. The molecule has 1 aromatic carbocycles. The molecule has 3 nitrogen and oxygen atoms in total. The van der Waals surface area contributed by atoms with Crippen LogP contribution in [0.1, 0.15) is 12.0 Å². The van der Waals surface area contributed by atoms with E-state index in [0.29, 0.717) is 6.42 Å². The first kappa shape index (κ1) is 13.9. The SMILES string of the molecule is CSCCN(C)C(=O)CCc1cccc(N)c1. The predicted molar refractivity (Wildman–Crippen MR) is 75.2 cm³/mol. The third-order valence-corrected chi connectivity index (χ3v) is 3.23. The molecule has 0 aliphatic carbocycles. The Morgan fingerprint density at radius 3 is 2.88 bits per heavy atom. The quantitative estimate of drug-likeness (QED) is 0.788.